The Balaban J connectivity index is 2.04. The van der Waals surface area contributed by atoms with Gasteiger partial charge in [0, 0.05) is 18.0 Å². The highest BCUT2D eigenvalue weighted by Gasteiger charge is 2.09. The van der Waals surface area contributed by atoms with Gasteiger partial charge < -0.3 is 5.73 Å². The van der Waals surface area contributed by atoms with Crippen molar-refractivity contribution in [3.8, 4) is 11.4 Å². The molecule has 0 saturated carbocycles. The van der Waals surface area contributed by atoms with Crippen LogP contribution in [0, 0.1) is 0 Å². The third-order valence-electron chi connectivity index (χ3n) is 2.98. The first-order valence-electron chi connectivity index (χ1n) is 6.18. The van der Waals surface area contributed by atoms with Crippen LogP contribution in [0.3, 0.4) is 0 Å². The fourth-order valence-electron chi connectivity index (χ4n) is 2.01. The number of nitrogens with zero attached hydrogens (tertiary/aromatic N) is 4. The highest BCUT2D eigenvalue weighted by molar-refractivity contribution is 5.75. The summed E-state index contributed by atoms with van der Waals surface area (Å²) in [6, 6.07) is 1.94. The molecule has 0 saturated heterocycles. The quantitative estimate of drug-likeness (QED) is 0.732. The van der Waals surface area contributed by atoms with Crippen molar-refractivity contribution in [3.05, 3.63) is 36.4 Å². The molecule has 0 bridgehead atoms. The third-order valence-corrected chi connectivity index (χ3v) is 2.98. The molecule has 6 nitrogen and oxygen atoms in total. The van der Waals surface area contributed by atoms with E-state index in [0.29, 0.717) is 12.4 Å². The number of hydrogen-bond acceptors (Lipinski definition) is 5. The summed E-state index contributed by atoms with van der Waals surface area (Å²) in [5.41, 5.74) is 9.33. The number of hydrogen-bond donors (Lipinski definition) is 2. The number of aromatic amines is 1. The maximum atomic E-state index is 5.56. The summed E-state index contributed by atoms with van der Waals surface area (Å²) in [7, 11) is 0. The van der Waals surface area contributed by atoms with E-state index in [2.05, 4.69) is 25.1 Å². The van der Waals surface area contributed by atoms with Gasteiger partial charge >= 0.3 is 0 Å². The van der Waals surface area contributed by atoms with Crippen LogP contribution >= 0.6 is 0 Å². The molecule has 0 aliphatic heterocycles. The molecule has 0 atom stereocenters. The fraction of sp³-hybridized carbons (Fsp3) is 0.231. The molecule has 3 heterocycles. The SMILES string of the molecule is NCCCc1cnccc1-c1ncc2[nH]ncc2n1. The van der Waals surface area contributed by atoms with Crippen LogP contribution < -0.4 is 5.73 Å². The summed E-state index contributed by atoms with van der Waals surface area (Å²) < 4.78 is 0. The number of aromatic nitrogens is 5. The minimum absolute atomic E-state index is 0.663. The van der Waals surface area contributed by atoms with Gasteiger partial charge in [0.05, 0.1) is 12.4 Å². The largest absolute Gasteiger partial charge is 0.330 e. The summed E-state index contributed by atoms with van der Waals surface area (Å²) in [5.74, 6) is 0.698. The zero-order valence-corrected chi connectivity index (χ0v) is 10.4. The van der Waals surface area contributed by atoms with Gasteiger partial charge in [-0.05, 0) is 31.0 Å². The van der Waals surface area contributed by atoms with Crippen LogP contribution in [-0.4, -0.2) is 31.7 Å². The molecule has 0 fully saturated rings. The van der Waals surface area contributed by atoms with E-state index in [9.17, 15) is 0 Å². The predicted octanol–water partition coefficient (Wildman–Crippen LogP) is 1.31. The summed E-state index contributed by atoms with van der Waals surface area (Å²) in [4.78, 5) is 13.0. The van der Waals surface area contributed by atoms with E-state index in [1.54, 1.807) is 18.6 Å². The highest BCUT2D eigenvalue weighted by Crippen LogP contribution is 2.21. The van der Waals surface area contributed by atoms with Gasteiger partial charge in [-0.2, -0.15) is 5.10 Å². The number of fused-ring (bicyclic) bond motifs is 1. The number of nitrogens with one attached hydrogen (secondary N) is 1. The molecule has 3 aromatic heterocycles. The number of rotatable bonds is 4. The third kappa shape index (κ3) is 2.30. The molecule has 19 heavy (non-hydrogen) atoms. The van der Waals surface area contributed by atoms with Crippen molar-refractivity contribution in [1.29, 1.82) is 0 Å². The summed E-state index contributed by atoms with van der Waals surface area (Å²) in [6.45, 7) is 0.663. The van der Waals surface area contributed by atoms with E-state index in [1.165, 1.54) is 0 Å². The normalized spacial score (nSPS) is 11.0. The van der Waals surface area contributed by atoms with Crippen molar-refractivity contribution in [2.75, 3.05) is 6.54 Å². The first-order chi connectivity index (χ1) is 9.38. The van der Waals surface area contributed by atoms with E-state index in [1.807, 2.05) is 12.3 Å². The number of H-pyrrole nitrogens is 1. The number of pyridine rings is 1. The Hall–Kier alpha value is -2.34. The molecule has 0 amide bonds. The van der Waals surface area contributed by atoms with Crippen LogP contribution in [0.25, 0.3) is 22.4 Å². The maximum Gasteiger partial charge on any atom is 0.160 e. The molecular weight excluding hydrogens is 240 g/mol. The lowest BCUT2D eigenvalue weighted by molar-refractivity contribution is 0.829. The van der Waals surface area contributed by atoms with Gasteiger partial charge in [-0.25, -0.2) is 9.97 Å². The minimum atomic E-state index is 0.663. The molecule has 6 heteroatoms. The Morgan fingerprint density at radius 3 is 3.05 bits per heavy atom. The molecule has 0 aromatic carbocycles. The lowest BCUT2D eigenvalue weighted by atomic mass is 10.1. The Kier molecular flexibility index (Phi) is 3.16. The van der Waals surface area contributed by atoms with Gasteiger partial charge in [0.2, 0.25) is 0 Å². The van der Waals surface area contributed by atoms with Crippen molar-refractivity contribution in [2.24, 2.45) is 5.73 Å². The molecule has 0 aliphatic carbocycles. The zero-order valence-electron chi connectivity index (χ0n) is 10.4. The van der Waals surface area contributed by atoms with Gasteiger partial charge in [-0.3, -0.25) is 10.1 Å². The Morgan fingerprint density at radius 1 is 1.21 bits per heavy atom. The van der Waals surface area contributed by atoms with Crippen molar-refractivity contribution in [2.45, 2.75) is 12.8 Å². The first kappa shape index (κ1) is 11.7. The lowest BCUT2D eigenvalue weighted by Gasteiger charge is -2.06. The van der Waals surface area contributed by atoms with Gasteiger partial charge in [0.15, 0.2) is 5.82 Å². The molecule has 3 N–H and O–H groups in total. The second-order valence-corrected chi connectivity index (χ2v) is 4.29. The van der Waals surface area contributed by atoms with Crippen LogP contribution in [0.4, 0.5) is 0 Å². The monoisotopic (exact) mass is 254 g/mol. The van der Waals surface area contributed by atoms with Crippen LogP contribution in [0.1, 0.15) is 12.0 Å². The topological polar surface area (TPSA) is 93.4 Å². The smallest absolute Gasteiger partial charge is 0.160 e. The number of nitrogens with two attached hydrogens (primary N) is 1. The summed E-state index contributed by atoms with van der Waals surface area (Å²) in [5, 5.41) is 6.79. The standard InChI is InChI=1S/C13H14N6/c14-4-1-2-9-6-15-5-3-10(9)13-16-7-12-11(18-13)8-17-19-12/h3,5-8H,1-2,4,14H2,(H,17,19). The molecule has 0 radical (unpaired) electrons. The minimum Gasteiger partial charge on any atom is -0.330 e. The van der Waals surface area contributed by atoms with Gasteiger partial charge in [0.25, 0.3) is 0 Å². The van der Waals surface area contributed by atoms with Crippen LogP contribution in [0.5, 0.6) is 0 Å². The van der Waals surface area contributed by atoms with Crippen LogP contribution in [-0.2, 0) is 6.42 Å². The average Bonchev–Trinajstić information content (AvgIpc) is 2.92. The molecule has 0 aliphatic rings. The summed E-state index contributed by atoms with van der Waals surface area (Å²) in [6.07, 6.45) is 8.86. The maximum absolute atomic E-state index is 5.56. The first-order valence-corrected chi connectivity index (χ1v) is 6.18. The van der Waals surface area contributed by atoms with E-state index >= 15 is 0 Å². The number of aryl methyl sites for hydroxylation is 1. The van der Waals surface area contributed by atoms with E-state index in [0.717, 1.165) is 35.0 Å². The fourth-order valence-corrected chi connectivity index (χ4v) is 2.01. The molecular formula is C13H14N6. The molecule has 0 unspecified atom stereocenters. The average molecular weight is 254 g/mol. The van der Waals surface area contributed by atoms with Gasteiger partial charge in [0.1, 0.15) is 11.0 Å². The molecule has 3 aromatic rings. The van der Waals surface area contributed by atoms with Crippen molar-refractivity contribution < 1.29 is 0 Å². The Bertz CT molecular complexity index is 690. The van der Waals surface area contributed by atoms with E-state index in [-0.39, 0.29) is 0 Å². The van der Waals surface area contributed by atoms with Crippen molar-refractivity contribution >= 4 is 11.0 Å². The lowest BCUT2D eigenvalue weighted by Crippen LogP contribution is -2.02. The van der Waals surface area contributed by atoms with Crippen molar-refractivity contribution in [1.82, 2.24) is 25.1 Å². The van der Waals surface area contributed by atoms with E-state index < -0.39 is 0 Å². The second kappa shape index (κ2) is 5.11. The van der Waals surface area contributed by atoms with Crippen LogP contribution in [0.15, 0.2) is 30.9 Å². The highest BCUT2D eigenvalue weighted by atomic mass is 15.1. The van der Waals surface area contributed by atoms with Crippen LogP contribution in [0.2, 0.25) is 0 Å². The molecule has 0 spiro atoms. The van der Waals surface area contributed by atoms with Gasteiger partial charge in [-0.15, -0.1) is 0 Å². The Labute approximate surface area is 110 Å². The summed E-state index contributed by atoms with van der Waals surface area (Å²) >= 11 is 0. The van der Waals surface area contributed by atoms with Gasteiger partial charge in [-0.1, -0.05) is 0 Å². The predicted molar refractivity (Wildman–Crippen MR) is 72.3 cm³/mol. The van der Waals surface area contributed by atoms with Crippen molar-refractivity contribution in [3.63, 3.8) is 0 Å². The zero-order chi connectivity index (χ0) is 13.1. The molecule has 96 valence electrons. The van der Waals surface area contributed by atoms with E-state index in [4.69, 9.17) is 5.73 Å². The Morgan fingerprint density at radius 2 is 2.16 bits per heavy atom. The second-order valence-electron chi connectivity index (χ2n) is 4.29. The molecule has 3 rings (SSSR count).